The fourth-order valence-electron chi connectivity index (χ4n) is 0.632. The van der Waals surface area contributed by atoms with Crippen LogP contribution in [-0.2, 0) is 4.79 Å². The number of aliphatic hydroxyl groups is 2. The van der Waals surface area contributed by atoms with E-state index in [0.717, 1.165) is 12.8 Å². The highest BCUT2D eigenvalue weighted by atomic mass is 16.4. The molecule has 0 aromatic rings. The number of aliphatic carboxylic acids is 1. The lowest BCUT2D eigenvalue weighted by molar-refractivity contribution is -0.138. The number of nitrogens with two attached hydrogens (primary N) is 2. The molecule has 0 fully saturated rings. The first-order chi connectivity index (χ1) is 6.95. The number of carboxylic acid groups (broad SMARTS) is 1. The van der Waals surface area contributed by atoms with Gasteiger partial charge in [-0.1, -0.05) is 6.42 Å². The average molecular weight is 222 g/mol. The van der Waals surface area contributed by atoms with Crippen molar-refractivity contribution >= 4 is 5.97 Å². The molecule has 6 nitrogen and oxygen atoms in total. The van der Waals surface area contributed by atoms with Crippen LogP contribution in [0.1, 0.15) is 26.2 Å². The summed E-state index contributed by atoms with van der Waals surface area (Å²) in [6, 6.07) is -0.716. The molecule has 0 aromatic heterocycles. The topological polar surface area (TPSA) is 130 Å². The fraction of sp³-hybridized carbons (Fsp3) is 0.889. The predicted octanol–water partition coefficient (Wildman–Crippen LogP) is -1.11. The van der Waals surface area contributed by atoms with Crippen molar-refractivity contribution in [1.82, 2.24) is 0 Å². The van der Waals surface area contributed by atoms with Gasteiger partial charge in [0.2, 0.25) is 0 Å². The maximum absolute atomic E-state index is 10.1. The predicted molar refractivity (Wildman–Crippen MR) is 57.3 cm³/mol. The maximum atomic E-state index is 10.1. The minimum absolute atomic E-state index is 0.139. The van der Waals surface area contributed by atoms with Crippen molar-refractivity contribution in [2.75, 3.05) is 13.2 Å². The molecule has 15 heavy (non-hydrogen) atoms. The zero-order valence-electron chi connectivity index (χ0n) is 9.09. The zero-order valence-corrected chi connectivity index (χ0v) is 9.09. The largest absolute Gasteiger partial charge is 0.480 e. The highest BCUT2D eigenvalue weighted by Crippen LogP contribution is 1.96. The summed E-state index contributed by atoms with van der Waals surface area (Å²) >= 11 is 0. The third-order valence-electron chi connectivity index (χ3n) is 1.55. The van der Waals surface area contributed by atoms with E-state index >= 15 is 0 Å². The Morgan fingerprint density at radius 3 is 2.13 bits per heavy atom. The first kappa shape index (κ1) is 16.7. The van der Waals surface area contributed by atoms with Crippen LogP contribution >= 0.6 is 0 Å². The van der Waals surface area contributed by atoms with Crippen LogP contribution < -0.4 is 11.5 Å². The van der Waals surface area contributed by atoms with Crippen LogP contribution in [0.3, 0.4) is 0 Å². The summed E-state index contributed by atoms with van der Waals surface area (Å²) in [7, 11) is 0. The van der Waals surface area contributed by atoms with Crippen LogP contribution in [0.5, 0.6) is 0 Å². The van der Waals surface area contributed by atoms with Crippen LogP contribution in [0.2, 0.25) is 0 Å². The second-order valence-electron chi connectivity index (χ2n) is 3.26. The molecule has 1 unspecified atom stereocenters. The van der Waals surface area contributed by atoms with Crippen LogP contribution in [0, 0.1) is 0 Å². The standard InChI is InChI=1S/C6H14N2O2.C3H8O2/c7-4-2-1-3-5(8)6(9)10;1-3(5)2-4/h5H,1-4,7-8H2,(H,9,10);3-5H,2H2,1H3/t5-;/m0./s1. The van der Waals surface area contributed by atoms with Gasteiger partial charge in [0.1, 0.15) is 6.04 Å². The van der Waals surface area contributed by atoms with Crippen molar-refractivity contribution < 1.29 is 20.1 Å². The van der Waals surface area contributed by atoms with Crippen molar-refractivity contribution in [3.8, 4) is 0 Å². The number of hydrogen-bond donors (Lipinski definition) is 5. The van der Waals surface area contributed by atoms with E-state index < -0.39 is 18.1 Å². The molecule has 0 saturated heterocycles. The van der Waals surface area contributed by atoms with Gasteiger partial charge in [-0.3, -0.25) is 4.79 Å². The summed E-state index contributed by atoms with van der Waals surface area (Å²) in [5.41, 5.74) is 10.4. The lowest BCUT2D eigenvalue weighted by Crippen LogP contribution is -2.29. The van der Waals surface area contributed by atoms with E-state index in [4.69, 9.17) is 26.8 Å². The van der Waals surface area contributed by atoms with Crippen LogP contribution in [0.15, 0.2) is 0 Å². The molecule has 0 aliphatic rings. The number of carboxylic acids is 1. The molecule has 0 saturated carbocycles. The number of carbonyl (C=O) groups is 1. The van der Waals surface area contributed by atoms with Crippen LogP contribution in [0.4, 0.5) is 0 Å². The highest BCUT2D eigenvalue weighted by Gasteiger charge is 2.09. The Bertz CT molecular complexity index is 153. The van der Waals surface area contributed by atoms with Gasteiger partial charge in [0, 0.05) is 0 Å². The molecule has 6 heteroatoms. The van der Waals surface area contributed by atoms with Gasteiger partial charge in [-0.2, -0.15) is 0 Å². The Balaban J connectivity index is 0. The van der Waals surface area contributed by atoms with Gasteiger partial charge in [-0.05, 0) is 26.3 Å². The third kappa shape index (κ3) is 16.0. The SMILES string of the molecule is CC(O)CO.NCCCC[C@H](N)C(=O)O. The Kier molecular flexibility index (Phi) is 12.7. The Morgan fingerprint density at radius 1 is 1.40 bits per heavy atom. The zero-order chi connectivity index (χ0) is 12.3. The minimum Gasteiger partial charge on any atom is -0.480 e. The van der Waals surface area contributed by atoms with Crippen molar-refractivity contribution in [3.05, 3.63) is 0 Å². The number of rotatable bonds is 6. The van der Waals surface area contributed by atoms with E-state index in [9.17, 15) is 4.79 Å². The number of unbranched alkanes of at least 4 members (excludes halogenated alkanes) is 1. The molecule has 0 aromatic carbocycles. The molecular formula is C9H22N2O4. The van der Waals surface area contributed by atoms with Gasteiger partial charge >= 0.3 is 5.97 Å². The third-order valence-corrected chi connectivity index (χ3v) is 1.55. The second kappa shape index (κ2) is 11.4. The average Bonchev–Trinajstić information content (AvgIpc) is 2.18. The lowest BCUT2D eigenvalue weighted by Gasteiger charge is -2.03. The molecule has 0 aliphatic carbocycles. The lowest BCUT2D eigenvalue weighted by atomic mass is 10.1. The highest BCUT2D eigenvalue weighted by molar-refractivity contribution is 5.72. The summed E-state index contributed by atoms with van der Waals surface area (Å²) in [5, 5.41) is 24.3. The van der Waals surface area contributed by atoms with Gasteiger partial charge in [-0.15, -0.1) is 0 Å². The van der Waals surface area contributed by atoms with Crippen molar-refractivity contribution in [3.63, 3.8) is 0 Å². The van der Waals surface area contributed by atoms with E-state index in [2.05, 4.69) is 0 Å². The quantitative estimate of drug-likeness (QED) is 0.362. The molecule has 0 aliphatic heterocycles. The maximum Gasteiger partial charge on any atom is 0.320 e. The summed E-state index contributed by atoms with van der Waals surface area (Å²) in [4.78, 5) is 10.1. The summed E-state index contributed by atoms with van der Waals surface area (Å²) in [6.07, 6.45) is 1.60. The van der Waals surface area contributed by atoms with Crippen LogP contribution in [0.25, 0.3) is 0 Å². The normalized spacial score (nSPS) is 13.7. The van der Waals surface area contributed by atoms with Crippen molar-refractivity contribution in [2.45, 2.75) is 38.3 Å². The molecule has 92 valence electrons. The van der Waals surface area contributed by atoms with Gasteiger partial charge in [0.25, 0.3) is 0 Å². The fourth-order valence-corrected chi connectivity index (χ4v) is 0.632. The van der Waals surface area contributed by atoms with E-state index in [1.807, 2.05) is 0 Å². The Morgan fingerprint density at radius 2 is 1.87 bits per heavy atom. The molecule has 2 atom stereocenters. The molecule has 0 spiro atoms. The molecule has 7 N–H and O–H groups in total. The molecule has 0 rings (SSSR count). The first-order valence-corrected chi connectivity index (χ1v) is 4.93. The Hall–Kier alpha value is -0.690. The molecule has 0 heterocycles. The van der Waals surface area contributed by atoms with E-state index in [1.165, 1.54) is 6.92 Å². The van der Waals surface area contributed by atoms with E-state index in [-0.39, 0.29) is 6.61 Å². The molecule has 0 bridgehead atoms. The summed E-state index contributed by atoms with van der Waals surface area (Å²) in [5.74, 6) is -0.933. The molecule has 0 radical (unpaired) electrons. The van der Waals surface area contributed by atoms with Gasteiger partial charge in [-0.25, -0.2) is 0 Å². The number of hydrogen-bond acceptors (Lipinski definition) is 5. The molecule has 0 amide bonds. The van der Waals surface area contributed by atoms with E-state index in [1.54, 1.807) is 0 Å². The van der Waals surface area contributed by atoms with Gasteiger partial charge < -0.3 is 26.8 Å². The monoisotopic (exact) mass is 222 g/mol. The smallest absolute Gasteiger partial charge is 0.320 e. The van der Waals surface area contributed by atoms with E-state index in [0.29, 0.717) is 13.0 Å². The second-order valence-corrected chi connectivity index (χ2v) is 3.26. The van der Waals surface area contributed by atoms with Gasteiger partial charge in [0.05, 0.1) is 12.7 Å². The van der Waals surface area contributed by atoms with Gasteiger partial charge in [0.15, 0.2) is 0 Å². The van der Waals surface area contributed by atoms with Crippen LogP contribution in [-0.4, -0.2) is 46.6 Å². The number of aliphatic hydroxyl groups excluding tert-OH is 2. The first-order valence-electron chi connectivity index (χ1n) is 4.93. The summed E-state index contributed by atoms with van der Waals surface area (Å²) in [6.45, 7) is 1.99. The Labute approximate surface area is 89.9 Å². The van der Waals surface area contributed by atoms with Crippen molar-refractivity contribution in [1.29, 1.82) is 0 Å². The molecular weight excluding hydrogens is 200 g/mol. The summed E-state index contributed by atoms with van der Waals surface area (Å²) < 4.78 is 0. The van der Waals surface area contributed by atoms with Crippen molar-refractivity contribution in [2.24, 2.45) is 11.5 Å². The minimum atomic E-state index is -0.933.